The van der Waals surface area contributed by atoms with Crippen molar-refractivity contribution in [3.8, 4) is 0 Å². The fourth-order valence-corrected chi connectivity index (χ4v) is 3.25. The van der Waals surface area contributed by atoms with E-state index in [0.29, 0.717) is 28.8 Å². The lowest BCUT2D eigenvalue weighted by molar-refractivity contribution is 0.208. The van der Waals surface area contributed by atoms with Gasteiger partial charge in [0.2, 0.25) is 0 Å². The van der Waals surface area contributed by atoms with Crippen LogP contribution in [0.1, 0.15) is 0 Å². The number of benzene rings is 2. The molecule has 26 heavy (non-hydrogen) atoms. The van der Waals surface area contributed by atoms with Crippen molar-refractivity contribution in [3.63, 3.8) is 0 Å². The quantitative estimate of drug-likeness (QED) is 0.840. The SMILES string of the molecule is CN(C)c1ccc(N2CCN(C(=O)Nc3cc(Cl)ccc3Cl)CC2)cc1. The molecule has 1 saturated heterocycles. The lowest BCUT2D eigenvalue weighted by atomic mass is 10.2. The molecule has 1 heterocycles. The molecule has 2 aromatic rings. The summed E-state index contributed by atoms with van der Waals surface area (Å²) in [5, 5.41) is 3.85. The van der Waals surface area contributed by atoms with Gasteiger partial charge in [-0.3, -0.25) is 0 Å². The third-order valence-electron chi connectivity index (χ3n) is 4.47. The zero-order valence-electron chi connectivity index (χ0n) is 14.9. The fraction of sp³-hybridized carbons (Fsp3) is 0.316. The number of carbonyl (C=O) groups excluding carboxylic acids is 1. The lowest BCUT2D eigenvalue weighted by Crippen LogP contribution is -2.50. The Kier molecular flexibility index (Phi) is 5.79. The Morgan fingerprint density at radius 2 is 1.65 bits per heavy atom. The second-order valence-electron chi connectivity index (χ2n) is 6.44. The fourth-order valence-electron chi connectivity index (χ4n) is 2.92. The van der Waals surface area contributed by atoms with Crippen LogP contribution in [0.3, 0.4) is 0 Å². The van der Waals surface area contributed by atoms with E-state index in [1.54, 1.807) is 23.1 Å². The number of amides is 2. The number of anilines is 3. The molecule has 0 spiro atoms. The van der Waals surface area contributed by atoms with Gasteiger partial charge in [0.15, 0.2) is 0 Å². The minimum atomic E-state index is -0.156. The van der Waals surface area contributed by atoms with Gasteiger partial charge in [0.25, 0.3) is 0 Å². The average molecular weight is 393 g/mol. The summed E-state index contributed by atoms with van der Waals surface area (Å²) in [4.78, 5) is 18.6. The first-order chi connectivity index (χ1) is 12.4. The highest BCUT2D eigenvalue weighted by atomic mass is 35.5. The number of piperazine rings is 1. The monoisotopic (exact) mass is 392 g/mol. The number of hydrogen-bond donors (Lipinski definition) is 1. The first-order valence-electron chi connectivity index (χ1n) is 8.47. The maximum absolute atomic E-state index is 12.5. The van der Waals surface area contributed by atoms with Gasteiger partial charge in [-0.2, -0.15) is 0 Å². The summed E-state index contributed by atoms with van der Waals surface area (Å²) in [6, 6.07) is 13.3. The van der Waals surface area contributed by atoms with E-state index < -0.39 is 0 Å². The number of rotatable bonds is 3. The summed E-state index contributed by atoms with van der Waals surface area (Å²) < 4.78 is 0. The Balaban J connectivity index is 1.57. The maximum Gasteiger partial charge on any atom is 0.322 e. The van der Waals surface area contributed by atoms with Crippen LogP contribution in [-0.4, -0.2) is 51.2 Å². The zero-order valence-corrected chi connectivity index (χ0v) is 16.4. The molecule has 2 aromatic carbocycles. The van der Waals surface area contributed by atoms with Gasteiger partial charge in [-0.05, 0) is 42.5 Å². The van der Waals surface area contributed by atoms with Gasteiger partial charge >= 0.3 is 6.03 Å². The molecule has 5 nitrogen and oxygen atoms in total. The van der Waals surface area contributed by atoms with E-state index in [1.165, 1.54) is 11.4 Å². The Morgan fingerprint density at radius 1 is 1.00 bits per heavy atom. The maximum atomic E-state index is 12.5. The van der Waals surface area contributed by atoms with Crippen LogP contribution >= 0.6 is 23.2 Å². The van der Waals surface area contributed by atoms with Crippen molar-refractivity contribution in [2.45, 2.75) is 0 Å². The van der Waals surface area contributed by atoms with Crippen LogP contribution in [0.5, 0.6) is 0 Å². The summed E-state index contributed by atoms with van der Waals surface area (Å²) >= 11 is 12.1. The van der Waals surface area contributed by atoms with Crippen molar-refractivity contribution >= 4 is 46.3 Å². The van der Waals surface area contributed by atoms with Crippen molar-refractivity contribution < 1.29 is 4.79 Å². The van der Waals surface area contributed by atoms with E-state index >= 15 is 0 Å². The van der Waals surface area contributed by atoms with Crippen LogP contribution in [0, 0.1) is 0 Å². The second-order valence-corrected chi connectivity index (χ2v) is 7.28. The van der Waals surface area contributed by atoms with Crippen molar-refractivity contribution in [1.82, 2.24) is 4.90 Å². The highest BCUT2D eigenvalue weighted by molar-refractivity contribution is 6.35. The molecule has 2 amide bonds. The van der Waals surface area contributed by atoms with Gasteiger partial charge in [-0.1, -0.05) is 23.2 Å². The molecule has 0 saturated carbocycles. The molecule has 7 heteroatoms. The molecular weight excluding hydrogens is 371 g/mol. The normalized spacial score (nSPS) is 14.3. The topological polar surface area (TPSA) is 38.8 Å². The number of nitrogens with zero attached hydrogens (tertiary/aromatic N) is 3. The summed E-state index contributed by atoms with van der Waals surface area (Å²) in [7, 11) is 4.05. The molecule has 3 rings (SSSR count). The summed E-state index contributed by atoms with van der Waals surface area (Å²) in [5.41, 5.74) is 2.88. The lowest BCUT2D eigenvalue weighted by Gasteiger charge is -2.36. The highest BCUT2D eigenvalue weighted by Gasteiger charge is 2.22. The molecule has 0 aliphatic carbocycles. The van der Waals surface area contributed by atoms with Gasteiger partial charge in [-0.25, -0.2) is 4.79 Å². The van der Waals surface area contributed by atoms with E-state index in [2.05, 4.69) is 39.4 Å². The Morgan fingerprint density at radius 3 is 2.27 bits per heavy atom. The second kappa shape index (κ2) is 8.06. The van der Waals surface area contributed by atoms with Crippen molar-refractivity contribution in [1.29, 1.82) is 0 Å². The Hall–Kier alpha value is -2.11. The molecule has 1 aliphatic heterocycles. The summed E-state index contributed by atoms with van der Waals surface area (Å²) in [6.45, 7) is 2.88. The van der Waals surface area contributed by atoms with E-state index in [4.69, 9.17) is 23.2 Å². The number of carbonyl (C=O) groups is 1. The first-order valence-corrected chi connectivity index (χ1v) is 9.23. The average Bonchev–Trinajstić information content (AvgIpc) is 2.65. The molecule has 1 N–H and O–H groups in total. The molecule has 0 aromatic heterocycles. The van der Waals surface area contributed by atoms with Gasteiger partial charge in [0, 0.05) is 56.7 Å². The van der Waals surface area contributed by atoms with E-state index in [0.717, 1.165) is 13.1 Å². The minimum absolute atomic E-state index is 0.156. The van der Waals surface area contributed by atoms with E-state index in [-0.39, 0.29) is 6.03 Å². The number of halogens is 2. The van der Waals surface area contributed by atoms with Crippen molar-refractivity contribution in [2.24, 2.45) is 0 Å². The molecule has 0 radical (unpaired) electrons. The van der Waals surface area contributed by atoms with Gasteiger partial charge < -0.3 is 20.0 Å². The summed E-state index contributed by atoms with van der Waals surface area (Å²) in [6.07, 6.45) is 0. The zero-order chi connectivity index (χ0) is 18.7. The van der Waals surface area contributed by atoms with Crippen molar-refractivity contribution in [2.75, 3.05) is 55.4 Å². The molecule has 138 valence electrons. The largest absolute Gasteiger partial charge is 0.378 e. The standard InChI is InChI=1S/C19H22Cl2N4O/c1-23(2)15-4-6-16(7-5-15)24-9-11-25(12-10-24)19(26)22-18-13-14(20)3-8-17(18)21/h3-8,13H,9-12H2,1-2H3,(H,22,26). The van der Waals surface area contributed by atoms with Gasteiger partial charge in [-0.15, -0.1) is 0 Å². The molecule has 1 fully saturated rings. The van der Waals surface area contributed by atoms with Crippen LogP contribution < -0.4 is 15.1 Å². The van der Waals surface area contributed by atoms with E-state index in [1.807, 2.05) is 14.1 Å². The predicted octanol–water partition coefficient (Wildman–Crippen LogP) is 4.41. The van der Waals surface area contributed by atoms with E-state index in [9.17, 15) is 4.79 Å². The Bertz CT molecular complexity index is 772. The van der Waals surface area contributed by atoms with Crippen LogP contribution in [0.2, 0.25) is 10.0 Å². The third kappa shape index (κ3) is 4.34. The van der Waals surface area contributed by atoms with Crippen LogP contribution in [-0.2, 0) is 0 Å². The minimum Gasteiger partial charge on any atom is -0.378 e. The molecule has 1 aliphatic rings. The first kappa shape index (κ1) is 18.7. The smallest absolute Gasteiger partial charge is 0.322 e. The van der Waals surface area contributed by atoms with Crippen LogP contribution in [0.15, 0.2) is 42.5 Å². The molecule has 0 unspecified atom stereocenters. The summed E-state index contributed by atoms with van der Waals surface area (Å²) in [5.74, 6) is 0. The molecule has 0 atom stereocenters. The van der Waals surface area contributed by atoms with Gasteiger partial charge in [0.1, 0.15) is 0 Å². The van der Waals surface area contributed by atoms with Crippen LogP contribution in [0.4, 0.5) is 21.9 Å². The highest BCUT2D eigenvalue weighted by Crippen LogP contribution is 2.26. The Labute approximate surface area is 164 Å². The van der Waals surface area contributed by atoms with Crippen LogP contribution in [0.25, 0.3) is 0 Å². The number of hydrogen-bond acceptors (Lipinski definition) is 3. The predicted molar refractivity (Wildman–Crippen MR) is 110 cm³/mol. The molecular formula is C19H22Cl2N4O. The van der Waals surface area contributed by atoms with Gasteiger partial charge in [0.05, 0.1) is 10.7 Å². The number of urea groups is 1. The third-order valence-corrected chi connectivity index (χ3v) is 5.03. The number of nitrogens with one attached hydrogen (secondary N) is 1. The molecule has 0 bridgehead atoms. The van der Waals surface area contributed by atoms with Crippen molar-refractivity contribution in [3.05, 3.63) is 52.5 Å².